The molecule has 3 N–H and O–H groups in total. The van der Waals surface area contributed by atoms with Crippen LogP contribution in [0, 0.1) is 0 Å². The maximum absolute atomic E-state index is 5.50. The molecule has 0 aliphatic heterocycles. The molecule has 0 bridgehead atoms. The van der Waals surface area contributed by atoms with Gasteiger partial charge in [-0.25, -0.2) is 10.8 Å². The van der Waals surface area contributed by atoms with Crippen molar-refractivity contribution in [1.29, 1.82) is 0 Å². The fourth-order valence-electron chi connectivity index (χ4n) is 2.28. The number of anilines is 2. The van der Waals surface area contributed by atoms with Crippen molar-refractivity contribution in [3.8, 4) is 0 Å². The van der Waals surface area contributed by atoms with Crippen LogP contribution in [0.1, 0.15) is 38.5 Å². The molecule has 6 heteroatoms. The Bertz CT molecular complexity index is 580. The summed E-state index contributed by atoms with van der Waals surface area (Å²) in [6.07, 6.45) is 3.31. The van der Waals surface area contributed by atoms with Gasteiger partial charge in [0.2, 0.25) is 5.95 Å². The standard InChI is InChI=1S/C14H23N5S/c1-5-7-9(3)19(4)12-11-8-10(6-2)20-13(11)17-14(16-12)18-15/h8-9H,5-7,15H2,1-4H3,(H,16,17,18). The van der Waals surface area contributed by atoms with E-state index in [0.717, 1.165) is 35.3 Å². The lowest BCUT2D eigenvalue weighted by Crippen LogP contribution is -2.30. The molecule has 0 aliphatic carbocycles. The van der Waals surface area contributed by atoms with Gasteiger partial charge in [-0.3, -0.25) is 5.43 Å². The SMILES string of the molecule is CCCC(C)N(C)c1nc(NN)nc2sc(CC)cc12. The number of hydrazine groups is 1. The number of fused-ring (bicyclic) bond motifs is 1. The summed E-state index contributed by atoms with van der Waals surface area (Å²) in [7, 11) is 2.09. The highest BCUT2D eigenvalue weighted by atomic mass is 32.1. The Morgan fingerprint density at radius 2 is 2.15 bits per heavy atom. The Labute approximate surface area is 124 Å². The number of nitrogens with zero attached hydrogens (tertiary/aromatic N) is 3. The number of nitrogens with two attached hydrogens (primary N) is 1. The molecule has 2 aromatic rings. The van der Waals surface area contributed by atoms with Gasteiger partial charge < -0.3 is 4.90 Å². The molecule has 0 saturated carbocycles. The van der Waals surface area contributed by atoms with Gasteiger partial charge in [-0.1, -0.05) is 20.3 Å². The van der Waals surface area contributed by atoms with Crippen LogP contribution >= 0.6 is 11.3 Å². The highest BCUT2D eigenvalue weighted by Crippen LogP contribution is 2.32. The van der Waals surface area contributed by atoms with Crippen molar-refractivity contribution >= 4 is 33.3 Å². The van der Waals surface area contributed by atoms with Crippen LogP contribution in [-0.2, 0) is 6.42 Å². The largest absolute Gasteiger partial charge is 0.356 e. The molecule has 110 valence electrons. The molecule has 0 fully saturated rings. The lowest BCUT2D eigenvalue weighted by atomic mass is 10.1. The Hall–Kier alpha value is -1.40. The molecule has 2 aromatic heterocycles. The Balaban J connectivity index is 2.51. The Morgan fingerprint density at radius 3 is 2.75 bits per heavy atom. The molecular formula is C14H23N5S. The van der Waals surface area contributed by atoms with Gasteiger partial charge in [0.05, 0.1) is 5.39 Å². The number of thiophene rings is 1. The van der Waals surface area contributed by atoms with Crippen LogP contribution in [0.2, 0.25) is 0 Å². The second kappa shape index (κ2) is 6.37. The lowest BCUT2D eigenvalue weighted by molar-refractivity contribution is 0.612. The number of nitrogen functional groups attached to an aromatic ring is 1. The third-order valence-electron chi connectivity index (χ3n) is 3.60. The first-order valence-corrected chi connectivity index (χ1v) is 7.92. The molecule has 5 nitrogen and oxygen atoms in total. The van der Waals surface area contributed by atoms with Crippen LogP contribution in [-0.4, -0.2) is 23.1 Å². The summed E-state index contributed by atoms with van der Waals surface area (Å²) in [5.74, 6) is 6.93. The first-order chi connectivity index (χ1) is 9.60. The molecule has 0 radical (unpaired) electrons. The molecule has 0 aliphatic rings. The van der Waals surface area contributed by atoms with Crippen molar-refractivity contribution in [2.75, 3.05) is 17.4 Å². The summed E-state index contributed by atoms with van der Waals surface area (Å²) in [5, 5.41) is 1.12. The van der Waals surface area contributed by atoms with E-state index < -0.39 is 0 Å². The first kappa shape index (κ1) is 15.0. The zero-order valence-corrected chi connectivity index (χ0v) is 13.4. The smallest absolute Gasteiger partial charge is 0.240 e. The number of rotatable bonds is 6. The molecular weight excluding hydrogens is 270 g/mol. The second-order valence-electron chi connectivity index (χ2n) is 5.05. The highest BCUT2D eigenvalue weighted by Gasteiger charge is 2.17. The quantitative estimate of drug-likeness (QED) is 0.632. The summed E-state index contributed by atoms with van der Waals surface area (Å²) in [5.41, 5.74) is 2.57. The van der Waals surface area contributed by atoms with Crippen LogP contribution < -0.4 is 16.2 Å². The minimum Gasteiger partial charge on any atom is -0.356 e. The average molecular weight is 293 g/mol. The molecule has 0 amide bonds. The zero-order chi connectivity index (χ0) is 14.7. The maximum atomic E-state index is 5.50. The number of hydrogen-bond donors (Lipinski definition) is 2. The second-order valence-corrected chi connectivity index (χ2v) is 6.16. The normalized spacial score (nSPS) is 12.7. The van der Waals surface area contributed by atoms with Crippen LogP contribution in [0.3, 0.4) is 0 Å². The highest BCUT2D eigenvalue weighted by molar-refractivity contribution is 7.18. The summed E-state index contributed by atoms with van der Waals surface area (Å²) in [6, 6.07) is 2.64. The summed E-state index contributed by atoms with van der Waals surface area (Å²) in [4.78, 5) is 13.5. The first-order valence-electron chi connectivity index (χ1n) is 7.10. The van der Waals surface area contributed by atoms with E-state index in [-0.39, 0.29) is 0 Å². The van der Waals surface area contributed by atoms with Gasteiger partial charge in [-0.2, -0.15) is 4.98 Å². The van der Waals surface area contributed by atoms with Gasteiger partial charge >= 0.3 is 0 Å². The fraction of sp³-hybridized carbons (Fsp3) is 0.571. The van der Waals surface area contributed by atoms with E-state index in [1.807, 2.05) is 0 Å². The van der Waals surface area contributed by atoms with Crippen molar-refractivity contribution in [3.05, 3.63) is 10.9 Å². The molecule has 1 atom stereocenters. The molecule has 0 aromatic carbocycles. The van der Waals surface area contributed by atoms with E-state index in [1.54, 1.807) is 11.3 Å². The number of aromatic nitrogens is 2. The summed E-state index contributed by atoms with van der Waals surface area (Å²) >= 11 is 1.71. The predicted molar refractivity (Wildman–Crippen MR) is 87.4 cm³/mol. The van der Waals surface area contributed by atoms with Gasteiger partial charge in [0, 0.05) is 18.0 Å². The molecule has 2 rings (SSSR count). The van der Waals surface area contributed by atoms with Crippen molar-refractivity contribution in [2.45, 2.75) is 46.1 Å². The predicted octanol–water partition coefficient (Wildman–Crippen LogP) is 3.16. The van der Waals surface area contributed by atoms with E-state index in [0.29, 0.717) is 12.0 Å². The van der Waals surface area contributed by atoms with Gasteiger partial charge in [-0.05, 0) is 25.8 Å². The monoisotopic (exact) mass is 293 g/mol. The number of hydrogen-bond acceptors (Lipinski definition) is 6. The summed E-state index contributed by atoms with van der Waals surface area (Å²) < 4.78 is 0. The van der Waals surface area contributed by atoms with Crippen molar-refractivity contribution in [3.63, 3.8) is 0 Å². The third kappa shape index (κ3) is 2.86. The van der Waals surface area contributed by atoms with Crippen LogP contribution in [0.25, 0.3) is 10.2 Å². The van der Waals surface area contributed by atoms with Crippen molar-refractivity contribution in [1.82, 2.24) is 9.97 Å². The van der Waals surface area contributed by atoms with E-state index in [9.17, 15) is 0 Å². The topological polar surface area (TPSA) is 67.1 Å². The molecule has 20 heavy (non-hydrogen) atoms. The van der Waals surface area contributed by atoms with Gasteiger partial charge in [0.1, 0.15) is 10.6 Å². The fourth-order valence-corrected chi connectivity index (χ4v) is 3.25. The van der Waals surface area contributed by atoms with E-state index in [2.05, 4.69) is 54.2 Å². The van der Waals surface area contributed by atoms with E-state index in [1.165, 1.54) is 4.88 Å². The Kier molecular flexibility index (Phi) is 4.77. The minimum absolute atomic E-state index is 0.439. The van der Waals surface area contributed by atoms with E-state index in [4.69, 9.17) is 5.84 Å². The van der Waals surface area contributed by atoms with Crippen molar-refractivity contribution < 1.29 is 0 Å². The Morgan fingerprint density at radius 1 is 1.40 bits per heavy atom. The number of nitrogens with one attached hydrogen (secondary N) is 1. The van der Waals surface area contributed by atoms with Crippen LogP contribution in [0.15, 0.2) is 6.07 Å². The van der Waals surface area contributed by atoms with Gasteiger partial charge in [0.15, 0.2) is 0 Å². The van der Waals surface area contributed by atoms with Crippen LogP contribution in [0.4, 0.5) is 11.8 Å². The van der Waals surface area contributed by atoms with Crippen LogP contribution in [0.5, 0.6) is 0 Å². The lowest BCUT2D eigenvalue weighted by Gasteiger charge is -2.26. The van der Waals surface area contributed by atoms with Gasteiger partial charge in [-0.15, -0.1) is 11.3 Å². The van der Waals surface area contributed by atoms with Crippen molar-refractivity contribution in [2.24, 2.45) is 5.84 Å². The molecule has 0 saturated heterocycles. The zero-order valence-electron chi connectivity index (χ0n) is 12.6. The molecule has 2 heterocycles. The molecule has 1 unspecified atom stereocenters. The summed E-state index contributed by atoms with van der Waals surface area (Å²) in [6.45, 7) is 6.58. The molecule has 0 spiro atoms. The maximum Gasteiger partial charge on any atom is 0.240 e. The van der Waals surface area contributed by atoms with E-state index >= 15 is 0 Å². The number of aryl methyl sites for hydroxylation is 1. The average Bonchev–Trinajstić information content (AvgIpc) is 2.88. The third-order valence-corrected chi connectivity index (χ3v) is 4.78. The minimum atomic E-state index is 0.439. The van der Waals surface area contributed by atoms with Gasteiger partial charge in [0.25, 0.3) is 0 Å².